The van der Waals surface area contributed by atoms with Gasteiger partial charge in [0.25, 0.3) is 0 Å². The van der Waals surface area contributed by atoms with Gasteiger partial charge >= 0.3 is 0 Å². The summed E-state index contributed by atoms with van der Waals surface area (Å²) in [6, 6.07) is 12.9. The molecule has 2 aromatic carbocycles. The van der Waals surface area contributed by atoms with E-state index in [0.717, 1.165) is 48.7 Å². The van der Waals surface area contributed by atoms with Crippen LogP contribution in [-0.4, -0.2) is 13.2 Å². The molecule has 0 radical (unpaired) electrons. The van der Waals surface area contributed by atoms with Gasteiger partial charge in [0.05, 0.1) is 13.2 Å². The van der Waals surface area contributed by atoms with Crippen LogP contribution in [0.15, 0.2) is 42.5 Å². The Morgan fingerprint density at radius 3 is 1.64 bits per heavy atom. The molecule has 0 saturated heterocycles. The van der Waals surface area contributed by atoms with Gasteiger partial charge in [-0.1, -0.05) is 127 Å². The average Bonchev–Trinajstić information content (AvgIpc) is 2.89. The van der Waals surface area contributed by atoms with Crippen molar-refractivity contribution in [2.75, 3.05) is 13.2 Å². The van der Waals surface area contributed by atoms with Crippen molar-refractivity contribution in [2.45, 2.75) is 105 Å². The third-order valence-corrected chi connectivity index (χ3v) is 6.57. The molecule has 0 heterocycles. The molecule has 2 heteroatoms. The highest BCUT2D eigenvalue weighted by Gasteiger charge is 2.09. The Kier molecular flexibility index (Phi) is 15.5. The highest BCUT2D eigenvalue weighted by atomic mass is 16.5. The summed E-state index contributed by atoms with van der Waals surface area (Å²) in [5.41, 5.74) is 4.63. The Balaban J connectivity index is 2.04. The Bertz CT molecular complexity index is 892. The minimum atomic E-state index is 0.766. The quantitative estimate of drug-likeness (QED) is 0.144. The molecule has 0 amide bonds. The number of aryl methyl sites for hydroxylation is 1. The molecule has 0 saturated carbocycles. The average molecular weight is 491 g/mol. The number of rotatable bonds is 19. The van der Waals surface area contributed by atoms with Crippen LogP contribution in [0.25, 0.3) is 18.2 Å². The first-order chi connectivity index (χ1) is 17.7. The first kappa shape index (κ1) is 29.7. The predicted molar refractivity (Wildman–Crippen MR) is 159 cm³/mol. The lowest BCUT2D eigenvalue weighted by Crippen LogP contribution is -2.02. The first-order valence-electron chi connectivity index (χ1n) is 14.5. The van der Waals surface area contributed by atoms with Crippen molar-refractivity contribution in [3.05, 3.63) is 64.7 Å². The van der Waals surface area contributed by atoms with Gasteiger partial charge in [-0.2, -0.15) is 0 Å². The molecule has 0 N–H and O–H groups in total. The molecule has 0 spiro atoms. The molecule has 0 atom stereocenters. The van der Waals surface area contributed by atoms with Gasteiger partial charge in [-0.05, 0) is 55.5 Å². The summed E-state index contributed by atoms with van der Waals surface area (Å²) in [5.74, 6) is 1.92. The molecule has 2 aromatic rings. The van der Waals surface area contributed by atoms with Gasteiger partial charge in [0.2, 0.25) is 0 Å². The van der Waals surface area contributed by atoms with Crippen LogP contribution in [0.4, 0.5) is 0 Å². The van der Waals surface area contributed by atoms with Crippen LogP contribution in [0.2, 0.25) is 0 Å². The normalized spacial score (nSPS) is 11.6. The SMILES string of the molecule is C/C=C/c1ccc(/C=C/c2cc(OCCCCCCCC)c(C)cc2OCCCCCCCC)cc1. The Morgan fingerprint density at radius 1 is 0.583 bits per heavy atom. The molecule has 0 aliphatic rings. The van der Waals surface area contributed by atoms with E-state index in [0.29, 0.717) is 0 Å². The van der Waals surface area contributed by atoms with Crippen molar-refractivity contribution >= 4 is 18.2 Å². The minimum Gasteiger partial charge on any atom is -0.493 e. The van der Waals surface area contributed by atoms with Crippen molar-refractivity contribution in [1.82, 2.24) is 0 Å². The van der Waals surface area contributed by atoms with Crippen molar-refractivity contribution in [2.24, 2.45) is 0 Å². The van der Waals surface area contributed by atoms with E-state index in [9.17, 15) is 0 Å². The van der Waals surface area contributed by atoms with Gasteiger partial charge in [-0.3, -0.25) is 0 Å². The van der Waals surface area contributed by atoms with E-state index in [-0.39, 0.29) is 0 Å². The lowest BCUT2D eigenvalue weighted by molar-refractivity contribution is 0.294. The van der Waals surface area contributed by atoms with Crippen LogP contribution in [0, 0.1) is 6.92 Å². The molecule has 0 unspecified atom stereocenters. The smallest absolute Gasteiger partial charge is 0.127 e. The van der Waals surface area contributed by atoms with E-state index in [4.69, 9.17) is 9.47 Å². The standard InChI is InChI=1S/C34H50O2/c1-5-8-10-12-14-16-25-35-33-28-32(24-23-31-21-19-30(18-7-3)20-22-31)34(27-29(33)4)36-26-17-15-13-11-9-6-2/h7,18-24,27-28H,5-6,8-17,25-26H2,1-4H3/b18-7+,24-23+. The van der Waals surface area contributed by atoms with Gasteiger partial charge < -0.3 is 9.47 Å². The van der Waals surface area contributed by atoms with Gasteiger partial charge in [-0.15, -0.1) is 0 Å². The molecular formula is C34H50O2. The molecule has 36 heavy (non-hydrogen) atoms. The lowest BCUT2D eigenvalue weighted by Gasteiger charge is -2.15. The molecule has 0 aliphatic heterocycles. The fourth-order valence-corrected chi connectivity index (χ4v) is 4.31. The van der Waals surface area contributed by atoms with Crippen LogP contribution in [-0.2, 0) is 0 Å². The summed E-state index contributed by atoms with van der Waals surface area (Å²) in [6.07, 6.45) is 23.8. The second-order valence-corrected chi connectivity index (χ2v) is 9.89. The van der Waals surface area contributed by atoms with E-state index in [1.807, 2.05) is 6.92 Å². The van der Waals surface area contributed by atoms with Crippen LogP contribution < -0.4 is 9.47 Å². The highest BCUT2D eigenvalue weighted by Crippen LogP contribution is 2.31. The van der Waals surface area contributed by atoms with Crippen molar-refractivity contribution in [3.63, 3.8) is 0 Å². The van der Waals surface area contributed by atoms with Crippen LogP contribution in [0.1, 0.15) is 120 Å². The van der Waals surface area contributed by atoms with E-state index < -0.39 is 0 Å². The first-order valence-corrected chi connectivity index (χ1v) is 14.5. The van der Waals surface area contributed by atoms with Crippen LogP contribution in [0.5, 0.6) is 11.5 Å². The molecule has 0 fully saturated rings. The molecular weight excluding hydrogens is 440 g/mol. The highest BCUT2D eigenvalue weighted by molar-refractivity contribution is 5.74. The lowest BCUT2D eigenvalue weighted by atomic mass is 10.1. The van der Waals surface area contributed by atoms with Crippen molar-refractivity contribution in [1.29, 1.82) is 0 Å². The summed E-state index contributed by atoms with van der Waals surface area (Å²) in [7, 11) is 0. The van der Waals surface area contributed by atoms with Crippen molar-refractivity contribution in [3.8, 4) is 11.5 Å². The number of unbranched alkanes of at least 4 members (excludes halogenated alkanes) is 10. The van der Waals surface area contributed by atoms with Gasteiger partial charge in [0.1, 0.15) is 11.5 Å². The monoisotopic (exact) mass is 490 g/mol. The van der Waals surface area contributed by atoms with Crippen molar-refractivity contribution < 1.29 is 9.47 Å². The zero-order chi connectivity index (χ0) is 25.8. The maximum atomic E-state index is 6.28. The van der Waals surface area contributed by atoms with E-state index in [2.05, 4.69) is 81.5 Å². The maximum Gasteiger partial charge on any atom is 0.127 e. The molecule has 0 aliphatic carbocycles. The van der Waals surface area contributed by atoms with E-state index >= 15 is 0 Å². The molecule has 0 bridgehead atoms. The molecule has 198 valence electrons. The summed E-state index contributed by atoms with van der Waals surface area (Å²) >= 11 is 0. The number of ether oxygens (including phenoxy) is 2. The van der Waals surface area contributed by atoms with Gasteiger partial charge in [0.15, 0.2) is 0 Å². The molecule has 2 rings (SSSR count). The topological polar surface area (TPSA) is 18.5 Å². The second-order valence-electron chi connectivity index (χ2n) is 9.89. The van der Waals surface area contributed by atoms with Crippen LogP contribution >= 0.6 is 0 Å². The van der Waals surface area contributed by atoms with E-state index in [1.165, 1.54) is 75.3 Å². The fourth-order valence-electron chi connectivity index (χ4n) is 4.31. The van der Waals surface area contributed by atoms with Crippen LogP contribution in [0.3, 0.4) is 0 Å². The number of allylic oxidation sites excluding steroid dienone is 1. The minimum absolute atomic E-state index is 0.766. The Labute approximate surface area is 221 Å². The third kappa shape index (κ3) is 12.0. The molecule has 0 aromatic heterocycles. The summed E-state index contributed by atoms with van der Waals surface area (Å²) in [4.78, 5) is 0. The number of benzene rings is 2. The summed E-state index contributed by atoms with van der Waals surface area (Å²) < 4.78 is 12.5. The maximum absolute atomic E-state index is 6.28. The fraction of sp³-hybridized carbons (Fsp3) is 0.529. The molecule has 2 nitrogen and oxygen atoms in total. The Morgan fingerprint density at radius 2 is 1.08 bits per heavy atom. The van der Waals surface area contributed by atoms with Gasteiger partial charge in [-0.25, -0.2) is 0 Å². The zero-order valence-electron chi connectivity index (χ0n) is 23.5. The Hall–Kier alpha value is -2.48. The largest absolute Gasteiger partial charge is 0.493 e. The van der Waals surface area contributed by atoms with E-state index in [1.54, 1.807) is 0 Å². The predicted octanol–water partition coefficient (Wildman–Crippen LogP) is 10.7. The number of hydrogen-bond acceptors (Lipinski definition) is 2. The van der Waals surface area contributed by atoms with Gasteiger partial charge in [0, 0.05) is 5.56 Å². The summed E-state index contributed by atoms with van der Waals surface area (Å²) in [5, 5.41) is 0. The second kappa shape index (κ2) is 18.7. The third-order valence-electron chi connectivity index (χ3n) is 6.57. The number of hydrogen-bond donors (Lipinski definition) is 0. The zero-order valence-corrected chi connectivity index (χ0v) is 23.5. The summed E-state index contributed by atoms with van der Waals surface area (Å²) in [6.45, 7) is 10.2.